The summed E-state index contributed by atoms with van der Waals surface area (Å²) in [5, 5.41) is 3.37. The Morgan fingerprint density at radius 2 is 2.24 bits per heavy atom. The smallest absolute Gasteiger partial charge is 0.330 e. The molecule has 0 aromatic heterocycles. The van der Waals surface area contributed by atoms with Gasteiger partial charge in [-0.15, -0.1) is 0 Å². The second-order valence-corrected chi connectivity index (χ2v) is 5.95. The Morgan fingerprint density at radius 3 is 2.81 bits per heavy atom. The van der Waals surface area contributed by atoms with Gasteiger partial charge in [0.2, 0.25) is 0 Å². The summed E-state index contributed by atoms with van der Waals surface area (Å²) in [5.41, 5.74) is 2.38. The van der Waals surface area contributed by atoms with Crippen molar-refractivity contribution in [2.75, 3.05) is 20.3 Å². The highest BCUT2D eigenvalue weighted by molar-refractivity contribution is 5.82. The van der Waals surface area contributed by atoms with Crippen LogP contribution in [0.25, 0.3) is 0 Å². The molecule has 2 rings (SSSR count). The maximum atomic E-state index is 12.4. The minimum atomic E-state index is -0.849. The zero-order valence-electron chi connectivity index (χ0n) is 13.4. The standard InChI is InChI=1S/C17H25NO3/c1-12-7-8-15(13(2)10-12)17(3,16(19)20-4)18-11-14-6-5-9-21-14/h7-8,10,14,18H,5-6,9,11H2,1-4H3. The molecule has 1 saturated heterocycles. The average Bonchev–Trinajstić information content (AvgIpc) is 2.97. The Labute approximate surface area is 126 Å². The average molecular weight is 291 g/mol. The first-order valence-corrected chi connectivity index (χ1v) is 7.50. The van der Waals surface area contributed by atoms with E-state index >= 15 is 0 Å². The molecule has 1 N–H and O–H groups in total. The molecule has 116 valence electrons. The van der Waals surface area contributed by atoms with Crippen molar-refractivity contribution in [1.29, 1.82) is 0 Å². The first-order valence-electron chi connectivity index (χ1n) is 7.50. The first kappa shape index (κ1) is 16.0. The molecule has 1 aromatic rings. The molecule has 4 heteroatoms. The van der Waals surface area contributed by atoms with E-state index in [4.69, 9.17) is 9.47 Å². The van der Waals surface area contributed by atoms with E-state index < -0.39 is 5.54 Å². The monoisotopic (exact) mass is 291 g/mol. The second-order valence-electron chi connectivity index (χ2n) is 5.95. The van der Waals surface area contributed by atoms with Gasteiger partial charge in [-0.2, -0.15) is 0 Å². The summed E-state index contributed by atoms with van der Waals surface area (Å²) in [6.45, 7) is 7.42. The van der Waals surface area contributed by atoms with Gasteiger partial charge in [-0.1, -0.05) is 23.8 Å². The van der Waals surface area contributed by atoms with Crippen LogP contribution >= 0.6 is 0 Å². The normalized spacial score (nSPS) is 21.0. The van der Waals surface area contributed by atoms with Crippen LogP contribution in [0.4, 0.5) is 0 Å². The summed E-state index contributed by atoms with van der Waals surface area (Å²) in [4.78, 5) is 12.4. The van der Waals surface area contributed by atoms with Crippen LogP contribution in [0.1, 0.15) is 36.5 Å². The predicted octanol–water partition coefficient (Wildman–Crippen LogP) is 2.46. The van der Waals surface area contributed by atoms with Crippen molar-refractivity contribution in [3.05, 3.63) is 34.9 Å². The third kappa shape index (κ3) is 3.44. The molecular formula is C17H25NO3. The van der Waals surface area contributed by atoms with Crippen molar-refractivity contribution in [3.63, 3.8) is 0 Å². The minimum Gasteiger partial charge on any atom is -0.467 e. The van der Waals surface area contributed by atoms with E-state index in [-0.39, 0.29) is 12.1 Å². The van der Waals surface area contributed by atoms with Gasteiger partial charge in [-0.25, -0.2) is 4.79 Å². The van der Waals surface area contributed by atoms with Crippen molar-refractivity contribution in [2.24, 2.45) is 0 Å². The topological polar surface area (TPSA) is 47.6 Å². The van der Waals surface area contributed by atoms with Crippen LogP contribution in [0, 0.1) is 13.8 Å². The third-order valence-corrected chi connectivity index (χ3v) is 4.22. The molecule has 1 aromatic carbocycles. The number of hydrogen-bond acceptors (Lipinski definition) is 4. The van der Waals surface area contributed by atoms with Crippen LogP contribution in [0.5, 0.6) is 0 Å². The van der Waals surface area contributed by atoms with Crippen molar-refractivity contribution < 1.29 is 14.3 Å². The van der Waals surface area contributed by atoms with Crippen LogP contribution in [0.3, 0.4) is 0 Å². The highest BCUT2D eigenvalue weighted by Gasteiger charge is 2.38. The van der Waals surface area contributed by atoms with Crippen LogP contribution < -0.4 is 5.32 Å². The lowest BCUT2D eigenvalue weighted by atomic mass is 9.87. The van der Waals surface area contributed by atoms with E-state index in [0.717, 1.165) is 30.6 Å². The molecule has 2 unspecified atom stereocenters. The number of esters is 1. The van der Waals surface area contributed by atoms with Gasteiger partial charge in [0.1, 0.15) is 5.54 Å². The van der Waals surface area contributed by atoms with Crippen LogP contribution in [-0.2, 0) is 19.8 Å². The van der Waals surface area contributed by atoms with Crippen molar-refractivity contribution >= 4 is 5.97 Å². The fraction of sp³-hybridized carbons (Fsp3) is 0.588. The van der Waals surface area contributed by atoms with E-state index in [2.05, 4.69) is 11.4 Å². The maximum Gasteiger partial charge on any atom is 0.330 e. The molecule has 1 heterocycles. The van der Waals surface area contributed by atoms with Crippen molar-refractivity contribution in [3.8, 4) is 0 Å². The fourth-order valence-electron chi connectivity index (χ4n) is 2.98. The summed E-state index contributed by atoms with van der Waals surface area (Å²) in [6.07, 6.45) is 2.31. The highest BCUT2D eigenvalue weighted by atomic mass is 16.5. The van der Waals surface area contributed by atoms with Crippen LogP contribution in [0.15, 0.2) is 18.2 Å². The Bertz CT molecular complexity index is 509. The molecule has 21 heavy (non-hydrogen) atoms. The number of nitrogens with one attached hydrogen (secondary N) is 1. The molecule has 0 aliphatic carbocycles. The number of methoxy groups -OCH3 is 1. The quantitative estimate of drug-likeness (QED) is 0.847. The minimum absolute atomic E-state index is 0.180. The summed E-state index contributed by atoms with van der Waals surface area (Å²) in [7, 11) is 1.43. The molecule has 0 amide bonds. The second kappa shape index (κ2) is 6.58. The number of ether oxygens (including phenoxy) is 2. The molecule has 1 fully saturated rings. The SMILES string of the molecule is COC(=O)C(C)(NCC1CCCO1)c1ccc(C)cc1C. The number of carbonyl (C=O) groups is 1. The Morgan fingerprint density at radius 1 is 1.48 bits per heavy atom. The summed E-state index contributed by atoms with van der Waals surface area (Å²) >= 11 is 0. The van der Waals surface area contributed by atoms with E-state index in [1.807, 2.05) is 32.9 Å². The summed E-state index contributed by atoms with van der Waals surface area (Å²) in [6, 6.07) is 6.12. The highest BCUT2D eigenvalue weighted by Crippen LogP contribution is 2.27. The van der Waals surface area contributed by atoms with E-state index in [1.165, 1.54) is 12.7 Å². The summed E-state index contributed by atoms with van der Waals surface area (Å²) in [5.74, 6) is -0.271. The Balaban J connectivity index is 2.24. The van der Waals surface area contributed by atoms with Gasteiger partial charge in [0.05, 0.1) is 13.2 Å². The lowest BCUT2D eigenvalue weighted by Crippen LogP contribution is -2.50. The van der Waals surface area contributed by atoms with Gasteiger partial charge in [0.25, 0.3) is 0 Å². The van der Waals surface area contributed by atoms with Gasteiger partial charge in [-0.05, 0) is 44.7 Å². The van der Waals surface area contributed by atoms with Gasteiger partial charge in [0.15, 0.2) is 0 Å². The predicted molar refractivity (Wildman–Crippen MR) is 82.3 cm³/mol. The Kier molecular flexibility index (Phi) is 5.01. The number of aryl methyl sites for hydroxylation is 2. The molecule has 2 atom stereocenters. The maximum absolute atomic E-state index is 12.4. The molecule has 0 spiro atoms. The Hall–Kier alpha value is -1.39. The lowest BCUT2D eigenvalue weighted by molar-refractivity contribution is -0.148. The molecule has 0 bridgehead atoms. The largest absolute Gasteiger partial charge is 0.467 e. The molecule has 0 radical (unpaired) electrons. The van der Waals surface area contributed by atoms with Gasteiger partial charge in [0, 0.05) is 13.2 Å². The molecule has 1 aliphatic heterocycles. The van der Waals surface area contributed by atoms with E-state index in [0.29, 0.717) is 6.54 Å². The number of rotatable bonds is 5. The van der Waals surface area contributed by atoms with Gasteiger partial charge in [-0.3, -0.25) is 5.32 Å². The fourth-order valence-corrected chi connectivity index (χ4v) is 2.98. The van der Waals surface area contributed by atoms with E-state index in [1.54, 1.807) is 0 Å². The van der Waals surface area contributed by atoms with Crippen molar-refractivity contribution in [2.45, 2.75) is 45.3 Å². The zero-order chi connectivity index (χ0) is 15.5. The van der Waals surface area contributed by atoms with Gasteiger partial charge >= 0.3 is 5.97 Å². The zero-order valence-corrected chi connectivity index (χ0v) is 13.4. The van der Waals surface area contributed by atoms with Crippen LogP contribution in [0.2, 0.25) is 0 Å². The van der Waals surface area contributed by atoms with Crippen molar-refractivity contribution in [1.82, 2.24) is 5.32 Å². The third-order valence-electron chi connectivity index (χ3n) is 4.22. The molecular weight excluding hydrogens is 266 g/mol. The first-order chi connectivity index (χ1) is 9.97. The molecule has 4 nitrogen and oxygen atoms in total. The molecule has 1 aliphatic rings. The van der Waals surface area contributed by atoms with Gasteiger partial charge < -0.3 is 9.47 Å². The number of hydrogen-bond donors (Lipinski definition) is 1. The molecule has 0 saturated carbocycles. The van der Waals surface area contributed by atoms with Crippen LogP contribution in [-0.4, -0.2) is 32.3 Å². The summed E-state index contributed by atoms with van der Waals surface area (Å²) < 4.78 is 10.7. The van der Waals surface area contributed by atoms with E-state index in [9.17, 15) is 4.79 Å². The number of carbonyl (C=O) groups excluding carboxylic acids is 1. The lowest BCUT2D eigenvalue weighted by Gasteiger charge is -2.31. The number of benzene rings is 1.